The van der Waals surface area contributed by atoms with E-state index in [2.05, 4.69) is 71.1 Å². The van der Waals surface area contributed by atoms with Crippen molar-refractivity contribution in [2.75, 3.05) is 24.6 Å². The number of pyridine rings is 1. The van der Waals surface area contributed by atoms with Crippen LogP contribution in [0.2, 0.25) is 0 Å². The molecule has 2 heterocycles. The maximum atomic E-state index is 13.4. The monoisotopic (exact) mass is 640 g/mol. The fourth-order valence-electron chi connectivity index (χ4n) is 4.82. The summed E-state index contributed by atoms with van der Waals surface area (Å²) in [6.45, 7) is 19.1. The molecule has 0 radical (unpaired) electrons. The predicted molar refractivity (Wildman–Crippen MR) is 161 cm³/mol. The predicted octanol–water partition coefficient (Wildman–Crippen LogP) is 7.93. The van der Waals surface area contributed by atoms with Gasteiger partial charge < -0.3 is 18.6 Å². The second kappa shape index (κ2) is 12.7. The van der Waals surface area contributed by atoms with Gasteiger partial charge in [0.25, 0.3) is 0 Å². The SMILES string of the molecule is CCOC(=O)[C@@H](OC(C)(C)C)c1c(C)nc(C)c(-c2ccc(COSI)cc2)c1N1CCC(C)(C)CC1. The number of aromatic nitrogens is 1. The summed E-state index contributed by atoms with van der Waals surface area (Å²) in [5.41, 5.74) is 6.53. The number of hydrogen-bond acceptors (Lipinski definition) is 7. The molecule has 0 bridgehead atoms. The summed E-state index contributed by atoms with van der Waals surface area (Å²) in [5, 5.41) is 0. The van der Waals surface area contributed by atoms with E-state index in [1.165, 1.54) is 9.21 Å². The minimum absolute atomic E-state index is 0.286. The Morgan fingerprint density at radius 3 is 2.30 bits per heavy atom. The van der Waals surface area contributed by atoms with Crippen LogP contribution in [-0.2, 0) is 25.1 Å². The number of halogens is 1. The number of piperidine rings is 1. The Morgan fingerprint density at radius 2 is 1.76 bits per heavy atom. The molecule has 1 fully saturated rings. The molecule has 0 aliphatic carbocycles. The third kappa shape index (κ3) is 7.83. The molecule has 1 atom stereocenters. The highest BCUT2D eigenvalue weighted by Crippen LogP contribution is 2.45. The van der Waals surface area contributed by atoms with E-state index in [-0.39, 0.29) is 11.4 Å². The van der Waals surface area contributed by atoms with Gasteiger partial charge in [-0.2, -0.15) is 0 Å². The Morgan fingerprint density at radius 1 is 1.14 bits per heavy atom. The van der Waals surface area contributed by atoms with Crippen molar-refractivity contribution in [1.82, 2.24) is 4.98 Å². The number of nitrogens with zero attached hydrogens (tertiary/aromatic N) is 2. The largest absolute Gasteiger partial charge is 0.464 e. The van der Waals surface area contributed by atoms with Crippen LogP contribution in [0, 0.1) is 19.3 Å². The van der Waals surface area contributed by atoms with E-state index in [0.717, 1.165) is 65.3 Å². The lowest BCUT2D eigenvalue weighted by Gasteiger charge is -2.41. The van der Waals surface area contributed by atoms with Gasteiger partial charge in [-0.3, -0.25) is 4.98 Å². The molecule has 2 aromatic rings. The average molecular weight is 641 g/mol. The van der Waals surface area contributed by atoms with Crippen molar-refractivity contribution in [3.05, 3.63) is 46.8 Å². The number of anilines is 1. The summed E-state index contributed by atoms with van der Waals surface area (Å²) in [7, 11) is 1.33. The lowest BCUT2D eigenvalue weighted by atomic mass is 9.81. The van der Waals surface area contributed by atoms with Crippen molar-refractivity contribution in [1.29, 1.82) is 0 Å². The fraction of sp³-hybridized carbons (Fsp3) is 0.586. The van der Waals surface area contributed by atoms with E-state index in [4.69, 9.17) is 18.6 Å². The van der Waals surface area contributed by atoms with Gasteiger partial charge in [-0.15, -0.1) is 0 Å². The van der Waals surface area contributed by atoms with Gasteiger partial charge in [-0.1, -0.05) is 38.1 Å². The van der Waals surface area contributed by atoms with Crippen LogP contribution in [0.5, 0.6) is 0 Å². The zero-order valence-electron chi connectivity index (χ0n) is 23.4. The molecule has 0 spiro atoms. The van der Waals surface area contributed by atoms with Gasteiger partial charge in [0.15, 0.2) is 6.10 Å². The van der Waals surface area contributed by atoms with Crippen LogP contribution >= 0.6 is 30.4 Å². The standard InChI is InChI=1S/C29H41IN2O4S/c1-9-34-27(33)26(36-28(4,5)6)24-20(3)31-19(2)23(22-12-10-21(11-13-22)18-35-37-30)25(24)32-16-14-29(7,8)15-17-32/h10-13,26H,9,14-18H2,1-8H3/t26-/m0/s1. The molecule has 8 heteroatoms. The maximum absolute atomic E-state index is 13.4. The Hall–Kier alpha value is -1.36. The van der Waals surface area contributed by atoms with Gasteiger partial charge >= 0.3 is 5.97 Å². The van der Waals surface area contributed by atoms with Gasteiger partial charge in [0.05, 0.1) is 33.7 Å². The summed E-state index contributed by atoms with van der Waals surface area (Å²) >= 11 is 2.13. The molecule has 0 unspecified atom stereocenters. The molecule has 0 N–H and O–H groups in total. The summed E-state index contributed by atoms with van der Waals surface area (Å²) < 4.78 is 17.5. The lowest BCUT2D eigenvalue weighted by molar-refractivity contribution is -0.166. The molecule has 0 amide bonds. The van der Waals surface area contributed by atoms with Crippen LogP contribution in [0.1, 0.15) is 83.0 Å². The number of aryl methyl sites for hydroxylation is 2. The van der Waals surface area contributed by atoms with E-state index < -0.39 is 11.7 Å². The average Bonchev–Trinajstić information content (AvgIpc) is 2.81. The van der Waals surface area contributed by atoms with Crippen LogP contribution in [0.25, 0.3) is 11.1 Å². The van der Waals surface area contributed by atoms with E-state index >= 15 is 0 Å². The minimum atomic E-state index is -0.870. The first-order valence-electron chi connectivity index (χ1n) is 13.0. The highest BCUT2D eigenvalue weighted by Gasteiger charge is 2.37. The van der Waals surface area contributed by atoms with Gasteiger partial charge in [-0.25, -0.2) is 4.79 Å². The van der Waals surface area contributed by atoms with Crippen LogP contribution in [-0.4, -0.2) is 36.3 Å². The molecule has 3 rings (SSSR count). The smallest absolute Gasteiger partial charge is 0.340 e. The van der Waals surface area contributed by atoms with E-state index in [9.17, 15) is 4.79 Å². The van der Waals surface area contributed by atoms with Crippen molar-refractivity contribution in [2.45, 2.75) is 86.5 Å². The first-order valence-corrected chi connectivity index (χ1v) is 16.3. The molecule has 1 aliphatic rings. The highest BCUT2D eigenvalue weighted by molar-refractivity contribution is 14.2. The highest BCUT2D eigenvalue weighted by atomic mass is 127. The number of benzene rings is 1. The van der Waals surface area contributed by atoms with Crippen LogP contribution < -0.4 is 4.90 Å². The lowest BCUT2D eigenvalue weighted by Crippen LogP contribution is -2.39. The third-order valence-corrected chi connectivity index (χ3v) is 7.73. The van der Waals surface area contributed by atoms with E-state index in [1.807, 2.05) is 34.6 Å². The Balaban J connectivity index is 2.24. The minimum Gasteiger partial charge on any atom is -0.464 e. The molecule has 37 heavy (non-hydrogen) atoms. The zero-order valence-corrected chi connectivity index (χ0v) is 26.4. The van der Waals surface area contributed by atoms with Crippen molar-refractivity contribution in [2.24, 2.45) is 5.41 Å². The Bertz CT molecular complexity index is 1070. The van der Waals surface area contributed by atoms with Crippen molar-refractivity contribution >= 4 is 42.1 Å². The summed E-state index contributed by atoms with van der Waals surface area (Å²) in [6, 6.07) is 8.44. The van der Waals surface area contributed by atoms with E-state index in [1.54, 1.807) is 0 Å². The van der Waals surface area contributed by atoms with Crippen LogP contribution in [0.15, 0.2) is 24.3 Å². The van der Waals surface area contributed by atoms with Crippen molar-refractivity contribution in [3.63, 3.8) is 0 Å². The fourth-order valence-corrected chi connectivity index (χ4v) is 5.39. The van der Waals surface area contributed by atoms with Gasteiger partial charge in [0, 0.05) is 56.8 Å². The van der Waals surface area contributed by atoms with Crippen LogP contribution in [0.4, 0.5) is 5.69 Å². The van der Waals surface area contributed by atoms with Gasteiger partial charge in [0.2, 0.25) is 0 Å². The number of carbonyl (C=O) groups is 1. The van der Waals surface area contributed by atoms with Gasteiger partial charge in [0.1, 0.15) is 0 Å². The van der Waals surface area contributed by atoms with Crippen molar-refractivity contribution < 1.29 is 18.5 Å². The van der Waals surface area contributed by atoms with E-state index in [0.29, 0.717) is 13.2 Å². The number of esters is 1. The number of carbonyl (C=O) groups excluding carboxylic acids is 1. The normalized spacial score (nSPS) is 16.5. The third-order valence-electron chi connectivity index (χ3n) is 6.76. The first kappa shape index (κ1) is 30.2. The molecule has 1 aromatic carbocycles. The number of rotatable bonds is 9. The zero-order chi connectivity index (χ0) is 27.4. The number of hydrogen-bond donors (Lipinski definition) is 0. The molecule has 1 saturated heterocycles. The number of ether oxygens (including phenoxy) is 2. The summed E-state index contributed by atoms with van der Waals surface area (Å²) in [4.78, 5) is 20.8. The molecular formula is C29H41IN2O4S. The molecular weight excluding hydrogens is 599 g/mol. The second-order valence-electron chi connectivity index (χ2n) is 11.5. The molecule has 6 nitrogen and oxygen atoms in total. The van der Waals surface area contributed by atoms with Crippen LogP contribution in [0.3, 0.4) is 0 Å². The molecule has 204 valence electrons. The Kier molecular flexibility index (Phi) is 10.3. The summed E-state index contributed by atoms with van der Waals surface area (Å²) in [5.74, 6) is -0.375. The van der Waals surface area contributed by atoms with Crippen molar-refractivity contribution in [3.8, 4) is 11.1 Å². The van der Waals surface area contributed by atoms with Gasteiger partial charge in [-0.05, 0) is 70.9 Å². The Labute approximate surface area is 239 Å². The maximum Gasteiger partial charge on any atom is 0.340 e. The summed E-state index contributed by atoms with van der Waals surface area (Å²) in [6.07, 6.45) is 1.27. The first-order chi connectivity index (χ1) is 17.4. The second-order valence-corrected chi connectivity index (χ2v) is 12.9. The molecule has 0 saturated carbocycles. The molecule has 1 aliphatic heterocycles. The molecule has 1 aromatic heterocycles. The quantitative estimate of drug-likeness (QED) is 0.157. The topological polar surface area (TPSA) is 60.9 Å².